The van der Waals surface area contributed by atoms with Crippen molar-refractivity contribution in [2.45, 2.75) is 65.2 Å². The molecular weight excluding hydrogens is 168 g/mol. The van der Waals surface area contributed by atoms with Gasteiger partial charge in [0, 0.05) is 12.8 Å². The molecule has 0 N–H and O–H groups in total. The normalized spacial score (nSPS) is 8.43. The van der Waals surface area contributed by atoms with Crippen LogP contribution in [0.1, 0.15) is 65.2 Å². The first kappa shape index (κ1) is 13.1. The summed E-state index contributed by atoms with van der Waals surface area (Å²) in [5.41, 5.74) is 0. The molecule has 0 aliphatic carbocycles. The molecule has 0 saturated heterocycles. The van der Waals surface area contributed by atoms with E-state index in [9.17, 15) is 0 Å². The SMILES string of the molecule is CC#CCCCCCCCCC#CC. The van der Waals surface area contributed by atoms with Gasteiger partial charge in [-0.25, -0.2) is 0 Å². The summed E-state index contributed by atoms with van der Waals surface area (Å²) in [5, 5.41) is 0. The van der Waals surface area contributed by atoms with Crippen molar-refractivity contribution in [3.63, 3.8) is 0 Å². The summed E-state index contributed by atoms with van der Waals surface area (Å²) in [6, 6.07) is 0. The third kappa shape index (κ3) is 11.1. The Hall–Kier alpha value is -0.880. The second-order valence-corrected chi connectivity index (χ2v) is 3.47. The summed E-state index contributed by atoms with van der Waals surface area (Å²) < 4.78 is 0. The molecule has 0 aromatic rings. The van der Waals surface area contributed by atoms with Crippen molar-refractivity contribution in [2.24, 2.45) is 0 Å². The minimum Gasteiger partial charge on any atom is -0.107 e. The predicted octanol–water partition coefficient (Wildman–Crippen LogP) is 4.15. The van der Waals surface area contributed by atoms with Crippen LogP contribution in [0.3, 0.4) is 0 Å². The molecule has 0 rings (SSSR count). The second kappa shape index (κ2) is 12.1. The smallest absolute Gasteiger partial charge is 0.00885 e. The van der Waals surface area contributed by atoms with Crippen molar-refractivity contribution >= 4 is 0 Å². The number of hydrogen-bond donors (Lipinski definition) is 0. The van der Waals surface area contributed by atoms with E-state index in [0.29, 0.717) is 0 Å². The molecule has 0 nitrogen and oxygen atoms in total. The molecule has 0 aromatic carbocycles. The molecule has 0 aliphatic rings. The Morgan fingerprint density at radius 2 is 0.929 bits per heavy atom. The van der Waals surface area contributed by atoms with Gasteiger partial charge in [-0.2, -0.15) is 0 Å². The van der Waals surface area contributed by atoms with Gasteiger partial charge in [-0.1, -0.05) is 25.7 Å². The lowest BCUT2D eigenvalue weighted by Crippen LogP contribution is -1.79. The summed E-state index contributed by atoms with van der Waals surface area (Å²) in [4.78, 5) is 0. The van der Waals surface area contributed by atoms with Gasteiger partial charge in [-0.05, 0) is 26.7 Å². The summed E-state index contributed by atoms with van der Waals surface area (Å²) >= 11 is 0. The minimum atomic E-state index is 1.08. The summed E-state index contributed by atoms with van der Waals surface area (Å²) in [6.45, 7) is 3.82. The molecule has 0 fully saturated rings. The van der Waals surface area contributed by atoms with E-state index < -0.39 is 0 Å². The molecule has 78 valence electrons. The highest BCUT2D eigenvalue weighted by Crippen LogP contribution is 2.07. The largest absolute Gasteiger partial charge is 0.107 e. The standard InChI is InChI=1S/C14H22/c1-3-5-7-9-11-13-14-12-10-8-6-4-2/h7-14H2,1-2H3. The molecule has 0 atom stereocenters. The highest BCUT2D eigenvalue weighted by Gasteiger charge is 1.89. The summed E-state index contributed by atoms with van der Waals surface area (Å²) in [6.07, 6.45) is 10.1. The van der Waals surface area contributed by atoms with Crippen LogP contribution in [0.5, 0.6) is 0 Å². The third-order valence-corrected chi connectivity index (χ3v) is 2.21. The van der Waals surface area contributed by atoms with Crippen molar-refractivity contribution < 1.29 is 0 Å². The lowest BCUT2D eigenvalue weighted by molar-refractivity contribution is 0.604. The van der Waals surface area contributed by atoms with Gasteiger partial charge in [0.1, 0.15) is 0 Å². The van der Waals surface area contributed by atoms with E-state index in [2.05, 4.69) is 23.7 Å². The van der Waals surface area contributed by atoms with Gasteiger partial charge in [0.2, 0.25) is 0 Å². The molecule has 0 amide bonds. The Bertz CT molecular complexity index is 190. The van der Waals surface area contributed by atoms with Gasteiger partial charge in [0.05, 0.1) is 0 Å². The first-order valence-corrected chi connectivity index (χ1v) is 5.71. The topological polar surface area (TPSA) is 0 Å². The van der Waals surface area contributed by atoms with E-state index in [1.165, 1.54) is 38.5 Å². The van der Waals surface area contributed by atoms with Gasteiger partial charge in [-0.15, -0.1) is 23.7 Å². The highest BCUT2D eigenvalue weighted by molar-refractivity contribution is 4.94. The molecule has 0 spiro atoms. The average Bonchev–Trinajstić information content (AvgIpc) is 2.21. The highest BCUT2D eigenvalue weighted by atomic mass is 13.9. The summed E-state index contributed by atoms with van der Waals surface area (Å²) in [7, 11) is 0. The van der Waals surface area contributed by atoms with Gasteiger partial charge in [0.15, 0.2) is 0 Å². The first-order valence-electron chi connectivity index (χ1n) is 5.71. The number of unbranched alkanes of at least 4 members (excludes halogenated alkanes) is 7. The Morgan fingerprint density at radius 1 is 0.571 bits per heavy atom. The van der Waals surface area contributed by atoms with Crippen LogP contribution >= 0.6 is 0 Å². The van der Waals surface area contributed by atoms with Gasteiger partial charge < -0.3 is 0 Å². The number of hydrogen-bond acceptors (Lipinski definition) is 0. The van der Waals surface area contributed by atoms with Crippen LogP contribution in [-0.4, -0.2) is 0 Å². The molecule has 14 heavy (non-hydrogen) atoms. The predicted molar refractivity (Wildman–Crippen MR) is 63.8 cm³/mol. The number of rotatable bonds is 7. The molecule has 0 aromatic heterocycles. The van der Waals surface area contributed by atoms with Crippen LogP contribution in [0.4, 0.5) is 0 Å². The van der Waals surface area contributed by atoms with Crippen molar-refractivity contribution in [3.8, 4) is 23.7 Å². The maximum atomic E-state index is 3.10. The minimum absolute atomic E-state index is 1.08. The van der Waals surface area contributed by atoms with E-state index in [4.69, 9.17) is 0 Å². The zero-order valence-electron chi connectivity index (χ0n) is 9.66. The lowest BCUT2D eigenvalue weighted by atomic mass is 10.1. The third-order valence-electron chi connectivity index (χ3n) is 2.21. The van der Waals surface area contributed by atoms with Crippen LogP contribution in [0, 0.1) is 23.7 Å². The van der Waals surface area contributed by atoms with Gasteiger partial charge >= 0.3 is 0 Å². The van der Waals surface area contributed by atoms with E-state index in [1.807, 2.05) is 13.8 Å². The molecule has 0 heterocycles. The summed E-state index contributed by atoms with van der Waals surface area (Å²) in [5.74, 6) is 12.1. The second-order valence-electron chi connectivity index (χ2n) is 3.47. The van der Waals surface area contributed by atoms with E-state index >= 15 is 0 Å². The zero-order valence-corrected chi connectivity index (χ0v) is 9.66. The van der Waals surface area contributed by atoms with Gasteiger partial charge in [-0.3, -0.25) is 0 Å². The Morgan fingerprint density at radius 3 is 1.29 bits per heavy atom. The molecule has 0 saturated carbocycles. The quantitative estimate of drug-likeness (QED) is 0.418. The monoisotopic (exact) mass is 190 g/mol. The maximum Gasteiger partial charge on any atom is 0.00885 e. The zero-order chi connectivity index (χ0) is 10.5. The first-order chi connectivity index (χ1) is 6.91. The van der Waals surface area contributed by atoms with Crippen molar-refractivity contribution in [1.29, 1.82) is 0 Å². The van der Waals surface area contributed by atoms with E-state index in [-0.39, 0.29) is 0 Å². The van der Waals surface area contributed by atoms with E-state index in [0.717, 1.165) is 12.8 Å². The maximum absolute atomic E-state index is 3.10. The Labute approximate surface area is 89.5 Å². The fourth-order valence-corrected chi connectivity index (χ4v) is 1.38. The Balaban J connectivity index is 2.96. The Kier molecular flexibility index (Phi) is 11.4. The lowest BCUT2D eigenvalue weighted by Gasteiger charge is -1.97. The van der Waals surface area contributed by atoms with Crippen molar-refractivity contribution in [2.75, 3.05) is 0 Å². The molecule has 0 radical (unpaired) electrons. The van der Waals surface area contributed by atoms with Crippen LogP contribution in [0.2, 0.25) is 0 Å². The molecule has 0 heteroatoms. The fourth-order valence-electron chi connectivity index (χ4n) is 1.38. The molecular formula is C14H22. The fraction of sp³-hybridized carbons (Fsp3) is 0.714. The molecule has 0 aliphatic heterocycles. The van der Waals surface area contributed by atoms with Crippen LogP contribution in [-0.2, 0) is 0 Å². The molecule has 0 unspecified atom stereocenters. The van der Waals surface area contributed by atoms with E-state index in [1.54, 1.807) is 0 Å². The van der Waals surface area contributed by atoms with Gasteiger partial charge in [0.25, 0.3) is 0 Å². The molecule has 0 bridgehead atoms. The van der Waals surface area contributed by atoms with Crippen molar-refractivity contribution in [3.05, 3.63) is 0 Å². The van der Waals surface area contributed by atoms with Crippen LogP contribution < -0.4 is 0 Å². The van der Waals surface area contributed by atoms with Crippen LogP contribution in [0.15, 0.2) is 0 Å². The average molecular weight is 190 g/mol. The van der Waals surface area contributed by atoms with Crippen molar-refractivity contribution in [1.82, 2.24) is 0 Å². The van der Waals surface area contributed by atoms with Crippen LogP contribution in [0.25, 0.3) is 0 Å².